The summed E-state index contributed by atoms with van der Waals surface area (Å²) in [6.07, 6.45) is 2.02. The third kappa shape index (κ3) is 4.12. The summed E-state index contributed by atoms with van der Waals surface area (Å²) >= 11 is 6.63. The summed E-state index contributed by atoms with van der Waals surface area (Å²) in [6, 6.07) is 3.35. The Labute approximate surface area is 140 Å². The fourth-order valence-corrected chi connectivity index (χ4v) is 4.41. The number of aromatic nitrogens is 3. The number of halogens is 2. The highest BCUT2D eigenvalue weighted by atomic mass is 79.9. The first-order valence-electron chi connectivity index (χ1n) is 6.09. The second-order valence-electron chi connectivity index (χ2n) is 4.51. The Morgan fingerprint density at radius 3 is 2.62 bits per heavy atom. The first-order chi connectivity index (χ1) is 9.79. The molecule has 21 heavy (non-hydrogen) atoms. The van der Waals surface area contributed by atoms with Gasteiger partial charge >= 0.3 is 0 Å². The average Bonchev–Trinajstić information content (AvgIpc) is 2.79. The summed E-state index contributed by atoms with van der Waals surface area (Å²) in [5.74, 6) is 0.601. The molecule has 2 rings (SSSR count). The van der Waals surface area contributed by atoms with Crippen molar-refractivity contribution in [3.63, 3.8) is 0 Å². The summed E-state index contributed by atoms with van der Waals surface area (Å²) in [4.78, 5) is 4.25. The Morgan fingerprint density at radius 2 is 2.00 bits per heavy atom. The Bertz CT molecular complexity index is 759. The van der Waals surface area contributed by atoms with Gasteiger partial charge in [0.2, 0.25) is 10.0 Å². The Balaban J connectivity index is 2.10. The van der Waals surface area contributed by atoms with Crippen LogP contribution < -0.4 is 4.72 Å². The maximum atomic E-state index is 12.3. The number of aryl methyl sites for hydroxylation is 2. The highest BCUT2D eigenvalue weighted by molar-refractivity contribution is 9.11. The zero-order valence-corrected chi connectivity index (χ0v) is 15.5. The normalized spacial score (nSPS) is 11.8. The molecule has 0 saturated heterocycles. The van der Waals surface area contributed by atoms with E-state index in [1.807, 2.05) is 6.92 Å². The Morgan fingerprint density at radius 1 is 1.29 bits per heavy atom. The number of hydrogen-bond acceptors (Lipinski definition) is 4. The van der Waals surface area contributed by atoms with Crippen LogP contribution in [0.15, 0.2) is 32.3 Å². The number of rotatable bonds is 5. The van der Waals surface area contributed by atoms with E-state index in [0.29, 0.717) is 16.7 Å². The zero-order chi connectivity index (χ0) is 15.6. The lowest BCUT2D eigenvalue weighted by Crippen LogP contribution is -2.26. The molecule has 0 fully saturated rings. The minimum absolute atomic E-state index is 0.203. The molecule has 1 N–H and O–H groups in total. The monoisotopic (exact) mass is 436 g/mol. The van der Waals surface area contributed by atoms with E-state index in [2.05, 4.69) is 46.7 Å². The molecule has 0 atom stereocenters. The van der Waals surface area contributed by atoms with Gasteiger partial charge in [-0.05, 0) is 40.5 Å². The van der Waals surface area contributed by atoms with Crippen LogP contribution in [0.2, 0.25) is 0 Å². The van der Waals surface area contributed by atoms with Crippen LogP contribution in [0, 0.1) is 6.92 Å². The molecule has 2 aromatic rings. The van der Waals surface area contributed by atoms with Crippen LogP contribution in [-0.4, -0.2) is 29.7 Å². The predicted molar refractivity (Wildman–Crippen MR) is 86.5 cm³/mol. The number of nitrogens with one attached hydrogen (secondary N) is 1. The molecule has 0 amide bonds. The summed E-state index contributed by atoms with van der Waals surface area (Å²) < 4.78 is 30.0. The van der Waals surface area contributed by atoms with Crippen LogP contribution >= 0.6 is 31.9 Å². The van der Waals surface area contributed by atoms with Crippen molar-refractivity contribution in [2.24, 2.45) is 7.05 Å². The van der Waals surface area contributed by atoms with Gasteiger partial charge in [-0.1, -0.05) is 15.9 Å². The van der Waals surface area contributed by atoms with E-state index in [1.54, 1.807) is 30.2 Å². The van der Waals surface area contributed by atoms with Crippen LogP contribution in [0.5, 0.6) is 0 Å². The van der Waals surface area contributed by atoms with Crippen molar-refractivity contribution in [2.75, 3.05) is 6.54 Å². The molecule has 0 aliphatic rings. The molecule has 0 saturated carbocycles. The molecule has 1 aromatic heterocycles. The van der Waals surface area contributed by atoms with Crippen molar-refractivity contribution in [2.45, 2.75) is 18.2 Å². The minimum atomic E-state index is -3.58. The van der Waals surface area contributed by atoms with Crippen molar-refractivity contribution in [3.05, 3.63) is 38.8 Å². The summed E-state index contributed by atoms with van der Waals surface area (Å²) in [6.45, 7) is 2.13. The van der Waals surface area contributed by atoms with Crippen molar-refractivity contribution in [1.82, 2.24) is 19.5 Å². The highest BCUT2D eigenvalue weighted by Crippen LogP contribution is 2.28. The largest absolute Gasteiger partial charge is 0.256 e. The molecule has 0 aliphatic carbocycles. The SMILES string of the molecule is Cc1cc(Br)c(S(=O)(=O)NCCc2ncn(C)n2)cc1Br. The van der Waals surface area contributed by atoms with Gasteiger partial charge in [-0.3, -0.25) is 4.68 Å². The molecular formula is C12H14Br2N4O2S. The zero-order valence-electron chi connectivity index (χ0n) is 11.5. The maximum absolute atomic E-state index is 12.3. The molecular weight excluding hydrogens is 424 g/mol. The molecule has 114 valence electrons. The second kappa shape index (κ2) is 6.55. The fourth-order valence-electron chi connectivity index (χ4n) is 1.71. The quantitative estimate of drug-likeness (QED) is 0.777. The van der Waals surface area contributed by atoms with E-state index < -0.39 is 10.0 Å². The maximum Gasteiger partial charge on any atom is 0.241 e. The van der Waals surface area contributed by atoms with E-state index in [1.165, 1.54) is 0 Å². The van der Waals surface area contributed by atoms with Crippen molar-refractivity contribution in [1.29, 1.82) is 0 Å². The van der Waals surface area contributed by atoms with E-state index >= 15 is 0 Å². The molecule has 1 heterocycles. The van der Waals surface area contributed by atoms with Crippen LogP contribution in [0.3, 0.4) is 0 Å². The van der Waals surface area contributed by atoms with Crippen LogP contribution in [-0.2, 0) is 23.5 Å². The summed E-state index contributed by atoms with van der Waals surface area (Å²) in [5, 5.41) is 4.10. The van der Waals surface area contributed by atoms with E-state index in [0.717, 1.165) is 10.0 Å². The van der Waals surface area contributed by atoms with Gasteiger partial charge in [-0.25, -0.2) is 18.1 Å². The van der Waals surface area contributed by atoms with Gasteiger partial charge in [-0.15, -0.1) is 0 Å². The van der Waals surface area contributed by atoms with Crippen molar-refractivity contribution >= 4 is 41.9 Å². The van der Waals surface area contributed by atoms with Crippen molar-refractivity contribution < 1.29 is 8.42 Å². The van der Waals surface area contributed by atoms with Gasteiger partial charge in [-0.2, -0.15) is 5.10 Å². The smallest absolute Gasteiger partial charge is 0.241 e. The molecule has 0 unspecified atom stereocenters. The van der Waals surface area contributed by atoms with E-state index in [4.69, 9.17) is 0 Å². The van der Waals surface area contributed by atoms with Gasteiger partial charge in [0, 0.05) is 29.0 Å². The minimum Gasteiger partial charge on any atom is -0.256 e. The van der Waals surface area contributed by atoms with E-state index in [9.17, 15) is 8.42 Å². The first-order valence-corrected chi connectivity index (χ1v) is 9.16. The fraction of sp³-hybridized carbons (Fsp3) is 0.333. The molecule has 6 nitrogen and oxygen atoms in total. The lowest BCUT2D eigenvalue weighted by atomic mass is 10.2. The highest BCUT2D eigenvalue weighted by Gasteiger charge is 2.18. The lowest BCUT2D eigenvalue weighted by Gasteiger charge is -2.09. The Hall–Kier alpha value is -0.770. The standard InChI is InChI=1S/C12H14Br2N4O2S/c1-8-5-10(14)11(6-9(8)13)21(19,20)16-4-3-12-15-7-18(2)17-12/h5-7,16H,3-4H2,1-2H3. The predicted octanol–water partition coefficient (Wildman–Crippen LogP) is 2.17. The summed E-state index contributed by atoms with van der Waals surface area (Å²) in [5.41, 5.74) is 0.957. The molecule has 1 aromatic carbocycles. The molecule has 9 heteroatoms. The molecule has 0 radical (unpaired) electrons. The third-order valence-corrected chi connectivity index (χ3v) is 6.06. The number of sulfonamides is 1. The van der Waals surface area contributed by atoms with Crippen LogP contribution in [0.1, 0.15) is 11.4 Å². The summed E-state index contributed by atoms with van der Waals surface area (Å²) in [7, 11) is -1.82. The second-order valence-corrected chi connectivity index (χ2v) is 7.96. The Kier molecular flexibility index (Phi) is 5.18. The average molecular weight is 438 g/mol. The van der Waals surface area contributed by atoms with E-state index in [-0.39, 0.29) is 11.4 Å². The number of nitrogens with zero attached hydrogens (tertiary/aromatic N) is 3. The molecule has 0 aliphatic heterocycles. The van der Waals surface area contributed by atoms with Gasteiger partial charge in [0.25, 0.3) is 0 Å². The first kappa shape index (κ1) is 16.6. The van der Waals surface area contributed by atoms with Gasteiger partial charge in [0.15, 0.2) is 5.82 Å². The molecule has 0 bridgehead atoms. The number of benzene rings is 1. The number of hydrogen-bond donors (Lipinski definition) is 1. The molecule has 0 spiro atoms. The third-order valence-electron chi connectivity index (χ3n) is 2.79. The van der Waals surface area contributed by atoms with Gasteiger partial charge in [0.1, 0.15) is 6.33 Å². The van der Waals surface area contributed by atoms with Gasteiger partial charge < -0.3 is 0 Å². The van der Waals surface area contributed by atoms with Gasteiger partial charge in [0.05, 0.1) is 4.90 Å². The van der Waals surface area contributed by atoms with Crippen molar-refractivity contribution in [3.8, 4) is 0 Å². The van der Waals surface area contributed by atoms with Crippen LogP contribution in [0.25, 0.3) is 0 Å². The van der Waals surface area contributed by atoms with Crippen LogP contribution in [0.4, 0.5) is 0 Å². The topological polar surface area (TPSA) is 76.9 Å². The lowest BCUT2D eigenvalue weighted by molar-refractivity contribution is 0.580.